The Kier molecular flexibility index (Phi) is 2.31. The Bertz CT molecular complexity index is 204. The first-order valence-corrected chi connectivity index (χ1v) is 5.47. The summed E-state index contributed by atoms with van der Waals surface area (Å²) in [5.74, 6) is -0.564. The lowest BCUT2D eigenvalue weighted by molar-refractivity contribution is -0.148. The topological polar surface area (TPSA) is 37.3 Å². The quantitative estimate of drug-likeness (QED) is 0.677. The van der Waals surface area contributed by atoms with Gasteiger partial charge in [0.15, 0.2) is 0 Å². The first-order valence-electron chi connectivity index (χ1n) is 5.47. The van der Waals surface area contributed by atoms with Gasteiger partial charge in [-0.2, -0.15) is 0 Å². The summed E-state index contributed by atoms with van der Waals surface area (Å²) >= 11 is 0. The number of hydrogen-bond acceptors (Lipinski definition) is 1. The second-order valence-corrected chi connectivity index (χ2v) is 4.71. The minimum atomic E-state index is -0.540. The maximum absolute atomic E-state index is 11.1. The van der Waals surface area contributed by atoms with Crippen LogP contribution >= 0.6 is 0 Å². The predicted octanol–water partition coefficient (Wildman–Crippen LogP) is 2.82. The van der Waals surface area contributed by atoms with E-state index in [1.165, 1.54) is 38.5 Å². The van der Waals surface area contributed by atoms with Crippen LogP contribution in [0.1, 0.15) is 51.4 Å². The molecular formula is C11H18O2. The molecule has 0 aromatic heterocycles. The predicted molar refractivity (Wildman–Crippen MR) is 50.5 cm³/mol. The average Bonchev–Trinajstić information content (AvgIpc) is 2.54. The summed E-state index contributed by atoms with van der Waals surface area (Å²) in [6.45, 7) is 0. The van der Waals surface area contributed by atoms with Gasteiger partial charge in [-0.1, -0.05) is 25.7 Å². The summed E-state index contributed by atoms with van der Waals surface area (Å²) in [5, 5.41) is 9.16. The molecule has 0 heterocycles. The lowest BCUT2D eigenvalue weighted by Gasteiger charge is -2.39. The molecule has 0 bridgehead atoms. The SMILES string of the molecule is O=C(O)C1CCCCC12CCCC2. The Morgan fingerprint density at radius 3 is 2.15 bits per heavy atom. The Balaban J connectivity index is 2.16. The molecule has 74 valence electrons. The largest absolute Gasteiger partial charge is 0.481 e. The van der Waals surface area contributed by atoms with E-state index in [-0.39, 0.29) is 11.3 Å². The van der Waals surface area contributed by atoms with Crippen LogP contribution in [0.3, 0.4) is 0 Å². The minimum Gasteiger partial charge on any atom is -0.481 e. The Labute approximate surface area is 79.3 Å². The molecule has 2 fully saturated rings. The van der Waals surface area contributed by atoms with Crippen molar-refractivity contribution in [3.05, 3.63) is 0 Å². The van der Waals surface area contributed by atoms with Crippen molar-refractivity contribution >= 4 is 5.97 Å². The van der Waals surface area contributed by atoms with E-state index in [1.54, 1.807) is 0 Å². The molecule has 2 heteroatoms. The molecule has 2 aliphatic rings. The fraction of sp³-hybridized carbons (Fsp3) is 0.909. The van der Waals surface area contributed by atoms with E-state index in [2.05, 4.69) is 0 Å². The van der Waals surface area contributed by atoms with Crippen LogP contribution in [0.2, 0.25) is 0 Å². The van der Waals surface area contributed by atoms with Crippen LogP contribution < -0.4 is 0 Å². The number of carboxylic acids is 1. The van der Waals surface area contributed by atoms with Crippen molar-refractivity contribution in [3.8, 4) is 0 Å². The molecule has 2 saturated carbocycles. The number of rotatable bonds is 1. The van der Waals surface area contributed by atoms with Crippen LogP contribution in [0, 0.1) is 11.3 Å². The third-order valence-electron chi connectivity index (χ3n) is 4.05. The summed E-state index contributed by atoms with van der Waals surface area (Å²) in [4.78, 5) is 11.1. The van der Waals surface area contributed by atoms with E-state index in [0.29, 0.717) is 0 Å². The monoisotopic (exact) mass is 182 g/mol. The van der Waals surface area contributed by atoms with Gasteiger partial charge >= 0.3 is 5.97 Å². The maximum Gasteiger partial charge on any atom is 0.307 e. The minimum absolute atomic E-state index is 0.0243. The number of hydrogen-bond donors (Lipinski definition) is 1. The molecule has 1 atom stereocenters. The molecule has 0 aromatic rings. The molecule has 0 amide bonds. The first-order chi connectivity index (χ1) is 6.25. The standard InChI is InChI=1S/C11H18O2/c12-10(13)9-5-1-2-6-11(9)7-3-4-8-11/h9H,1-8H2,(H,12,13). The zero-order chi connectivity index (χ0) is 9.31. The molecule has 2 rings (SSSR count). The summed E-state index contributed by atoms with van der Waals surface area (Å²) in [6.07, 6.45) is 9.32. The maximum atomic E-state index is 11.1. The molecule has 0 aromatic carbocycles. The smallest absolute Gasteiger partial charge is 0.307 e. The van der Waals surface area contributed by atoms with Gasteiger partial charge in [-0.15, -0.1) is 0 Å². The zero-order valence-electron chi connectivity index (χ0n) is 8.09. The summed E-state index contributed by atoms with van der Waals surface area (Å²) in [6, 6.07) is 0. The van der Waals surface area contributed by atoms with Crippen molar-refractivity contribution in [3.63, 3.8) is 0 Å². The third kappa shape index (κ3) is 1.47. The number of carboxylic acid groups (broad SMARTS) is 1. The number of aliphatic carboxylic acids is 1. The van der Waals surface area contributed by atoms with Crippen LogP contribution in [0.4, 0.5) is 0 Å². The molecule has 1 spiro atoms. The van der Waals surface area contributed by atoms with Crippen LogP contribution in [-0.4, -0.2) is 11.1 Å². The highest BCUT2D eigenvalue weighted by atomic mass is 16.4. The Hall–Kier alpha value is -0.530. The molecule has 2 nitrogen and oxygen atoms in total. The molecule has 2 aliphatic carbocycles. The molecule has 0 aliphatic heterocycles. The van der Waals surface area contributed by atoms with Gasteiger partial charge in [0.25, 0.3) is 0 Å². The Morgan fingerprint density at radius 1 is 1.08 bits per heavy atom. The van der Waals surface area contributed by atoms with Crippen LogP contribution in [0.15, 0.2) is 0 Å². The summed E-state index contributed by atoms with van der Waals surface area (Å²) < 4.78 is 0. The molecule has 0 saturated heterocycles. The van der Waals surface area contributed by atoms with Crippen molar-refractivity contribution in [1.82, 2.24) is 0 Å². The lowest BCUT2D eigenvalue weighted by atomic mass is 9.65. The van der Waals surface area contributed by atoms with Crippen molar-refractivity contribution in [2.24, 2.45) is 11.3 Å². The van der Waals surface area contributed by atoms with Crippen molar-refractivity contribution in [2.45, 2.75) is 51.4 Å². The fourth-order valence-corrected chi connectivity index (χ4v) is 3.37. The highest BCUT2D eigenvalue weighted by molar-refractivity contribution is 5.71. The van der Waals surface area contributed by atoms with Crippen molar-refractivity contribution < 1.29 is 9.90 Å². The van der Waals surface area contributed by atoms with Gasteiger partial charge in [0, 0.05) is 0 Å². The van der Waals surface area contributed by atoms with E-state index in [1.807, 2.05) is 0 Å². The van der Waals surface area contributed by atoms with Gasteiger partial charge < -0.3 is 5.11 Å². The second kappa shape index (κ2) is 3.32. The normalized spacial score (nSPS) is 32.2. The first kappa shape index (κ1) is 9.04. The summed E-state index contributed by atoms with van der Waals surface area (Å²) in [7, 11) is 0. The van der Waals surface area contributed by atoms with Gasteiger partial charge in [-0.3, -0.25) is 4.79 Å². The second-order valence-electron chi connectivity index (χ2n) is 4.71. The highest BCUT2D eigenvalue weighted by Crippen LogP contribution is 2.52. The zero-order valence-corrected chi connectivity index (χ0v) is 8.09. The molecule has 1 unspecified atom stereocenters. The van der Waals surface area contributed by atoms with E-state index in [0.717, 1.165) is 12.8 Å². The van der Waals surface area contributed by atoms with Gasteiger partial charge in [-0.25, -0.2) is 0 Å². The highest BCUT2D eigenvalue weighted by Gasteiger charge is 2.45. The molecular weight excluding hydrogens is 164 g/mol. The van der Waals surface area contributed by atoms with Crippen LogP contribution in [0.25, 0.3) is 0 Å². The molecule has 1 N–H and O–H groups in total. The molecule has 0 radical (unpaired) electrons. The molecule has 13 heavy (non-hydrogen) atoms. The number of carbonyl (C=O) groups is 1. The third-order valence-corrected chi connectivity index (χ3v) is 4.05. The van der Waals surface area contributed by atoms with Crippen LogP contribution in [-0.2, 0) is 4.79 Å². The van der Waals surface area contributed by atoms with E-state index in [4.69, 9.17) is 5.11 Å². The van der Waals surface area contributed by atoms with E-state index in [9.17, 15) is 4.79 Å². The Morgan fingerprint density at radius 2 is 1.62 bits per heavy atom. The lowest BCUT2D eigenvalue weighted by Crippen LogP contribution is -2.36. The fourth-order valence-electron chi connectivity index (χ4n) is 3.37. The van der Waals surface area contributed by atoms with Crippen molar-refractivity contribution in [1.29, 1.82) is 0 Å². The van der Waals surface area contributed by atoms with Gasteiger partial charge in [0.05, 0.1) is 5.92 Å². The van der Waals surface area contributed by atoms with E-state index < -0.39 is 5.97 Å². The van der Waals surface area contributed by atoms with Crippen LogP contribution in [0.5, 0.6) is 0 Å². The van der Waals surface area contributed by atoms with E-state index >= 15 is 0 Å². The van der Waals surface area contributed by atoms with Gasteiger partial charge in [0.1, 0.15) is 0 Å². The van der Waals surface area contributed by atoms with Crippen molar-refractivity contribution in [2.75, 3.05) is 0 Å². The summed E-state index contributed by atoms with van der Waals surface area (Å²) in [5.41, 5.74) is 0.212. The van der Waals surface area contributed by atoms with Gasteiger partial charge in [-0.05, 0) is 31.1 Å². The van der Waals surface area contributed by atoms with Gasteiger partial charge in [0.2, 0.25) is 0 Å². The average molecular weight is 182 g/mol.